The van der Waals surface area contributed by atoms with E-state index in [-0.39, 0.29) is 12.5 Å². The number of likely N-dealkylation sites (N-methyl/N-ethyl adjacent to an activating group) is 1. The lowest BCUT2D eigenvalue weighted by atomic mass is 10.00. The topological polar surface area (TPSA) is 54.8 Å². The molecule has 0 saturated heterocycles. The molecule has 1 aliphatic rings. The summed E-state index contributed by atoms with van der Waals surface area (Å²) in [6.45, 7) is 11.8. The summed E-state index contributed by atoms with van der Waals surface area (Å²) < 4.78 is 5.71. The summed E-state index contributed by atoms with van der Waals surface area (Å²) in [6, 6.07) is 6.06. The van der Waals surface area contributed by atoms with Gasteiger partial charge >= 0.3 is 0 Å². The van der Waals surface area contributed by atoms with Crippen LogP contribution in [0.5, 0.6) is 5.75 Å². The first kappa shape index (κ1) is 18.3. The average molecular weight is 332 g/mol. The van der Waals surface area contributed by atoms with Gasteiger partial charge in [-0.2, -0.15) is 0 Å². The molecule has 0 spiro atoms. The number of aryl methyl sites for hydroxylation is 1. The molecule has 5 nitrogen and oxygen atoms in total. The second-order valence-corrected chi connectivity index (χ2v) is 6.69. The maximum absolute atomic E-state index is 12.0. The molecule has 1 aliphatic heterocycles. The number of quaternary nitrogens is 1. The van der Waals surface area contributed by atoms with Crippen molar-refractivity contribution in [3.05, 3.63) is 41.1 Å². The van der Waals surface area contributed by atoms with E-state index in [0.717, 1.165) is 43.1 Å². The summed E-state index contributed by atoms with van der Waals surface area (Å²) in [5.74, 6) is 0.971. The predicted octanol–water partition coefficient (Wildman–Crippen LogP) is 1.31. The van der Waals surface area contributed by atoms with Gasteiger partial charge in [0.15, 0.2) is 6.61 Å². The van der Waals surface area contributed by atoms with E-state index in [1.54, 1.807) is 4.90 Å². The van der Waals surface area contributed by atoms with Crippen molar-refractivity contribution in [2.45, 2.75) is 40.0 Å². The monoisotopic (exact) mass is 332 g/mol. The predicted molar refractivity (Wildman–Crippen MR) is 96.0 cm³/mol. The van der Waals surface area contributed by atoms with Crippen molar-refractivity contribution in [1.82, 2.24) is 10.9 Å². The smallest absolute Gasteiger partial charge is 0.276 e. The van der Waals surface area contributed by atoms with Gasteiger partial charge in [0.2, 0.25) is 0 Å². The number of amides is 1. The standard InChI is InChI=1S/C19H29N3O2/c1-5-22-10-8-16(9-11-22)20-21-19(23)13-24-18-7-6-15(4)12-17(18)14(2)3/h6-8,12,14,20H,5,9-11,13H2,1-4H3,(H,21,23)/p+1. The molecule has 1 aromatic carbocycles. The molecule has 1 unspecified atom stereocenters. The normalized spacial score (nSPS) is 17.4. The molecule has 3 N–H and O–H groups in total. The van der Waals surface area contributed by atoms with E-state index in [9.17, 15) is 4.79 Å². The zero-order chi connectivity index (χ0) is 17.5. The van der Waals surface area contributed by atoms with E-state index in [2.05, 4.69) is 50.7 Å². The SMILES string of the molecule is CC[NH+]1CC=C(NNC(=O)COc2ccc(C)cc2C(C)C)CC1. The van der Waals surface area contributed by atoms with Crippen LogP contribution in [0.1, 0.15) is 44.2 Å². The third kappa shape index (κ3) is 5.27. The Hall–Kier alpha value is -2.01. The van der Waals surface area contributed by atoms with E-state index < -0.39 is 0 Å². The molecule has 1 heterocycles. The van der Waals surface area contributed by atoms with Crippen molar-refractivity contribution < 1.29 is 14.4 Å². The lowest BCUT2D eigenvalue weighted by Crippen LogP contribution is -3.12. The Morgan fingerprint density at radius 3 is 2.79 bits per heavy atom. The largest absolute Gasteiger partial charge is 0.483 e. The van der Waals surface area contributed by atoms with Crippen LogP contribution in [0.25, 0.3) is 0 Å². The number of hydrogen-bond donors (Lipinski definition) is 3. The van der Waals surface area contributed by atoms with Crippen LogP contribution >= 0.6 is 0 Å². The molecule has 0 aromatic heterocycles. The van der Waals surface area contributed by atoms with Crippen molar-refractivity contribution in [1.29, 1.82) is 0 Å². The minimum atomic E-state index is -0.170. The van der Waals surface area contributed by atoms with Gasteiger partial charge in [0.25, 0.3) is 5.91 Å². The molecule has 0 fully saturated rings. The van der Waals surface area contributed by atoms with Gasteiger partial charge in [-0.3, -0.25) is 10.2 Å². The first-order chi connectivity index (χ1) is 11.5. The van der Waals surface area contributed by atoms with Gasteiger partial charge in [-0.05, 0) is 37.5 Å². The number of ether oxygens (including phenoxy) is 1. The summed E-state index contributed by atoms with van der Waals surface area (Å²) in [6.07, 6.45) is 3.11. The molecular formula is C19H30N3O2+. The molecule has 0 bridgehead atoms. The number of hydrogen-bond acceptors (Lipinski definition) is 3. The quantitative estimate of drug-likeness (QED) is 0.660. The maximum Gasteiger partial charge on any atom is 0.276 e. The van der Waals surface area contributed by atoms with Gasteiger partial charge in [-0.25, -0.2) is 0 Å². The number of carbonyl (C=O) groups excluding carboxylic acids is 1. The Morgan fingerprint density at radius 1 is 1.38 bits per heavy atom. The van der Waals surface area contributed by atoms with Gasteiger partial charge in [0, 0.05) is 12.1 Å². The number of benzene rings is 1. The molecule has 132 valence electrons. The second-order valence-electron chi connectivity index (χ2n) is 6.69. The Balaban J connectivity index is 1.81. The maximum atomic E-state index is 12.0. The summed E-state index contributed by atoms with van der Waals surface area (Å²) >= 11 is 0. The van der Waals surface area contributed by atoms with E-state index in [4.69, 9.17) is 4.74 Å². The van der Waals surface area contributed by atoms with Crippen LogP contribution in [0.4, 0.5) is 0 Å². The fourth-order valence-corrected chi connectivity index (χ4v) is 2.80. The van der Waals surface area contributed by atoms with Gasteiger partial charge in [-0.1, -0.05) is 31.5 Å². The number of nitrogens with one attached hydrogen (secondary N) is 3. The Kier molecular flexibility index (Phi) is 6.67. The van der Waals surface area contributed by atoms with Crippen molar-refractivity contribution >= 4 is 5.91 Å². The summed E-state index contributed by atoms with van der Waals surface area (Å²) in [4.78, 5) is 13.6. The fourth-order valence-electron chi connectivity index (χ4n) is 2.80. The first-order valence-corrected chi connectivity index (χ1v) is 8.80. The number of rotatable bonds is 7. The van der Waals surface area contributed by atoms with Gasteiger partial charge < -0.3 is 15.1 Å². The molecule has 2 rings (SSSR count). The zero-order valence-corrected chi connectivity index (χ0v) is 15.2. The second kappa shape index (κ2) is 8.73. The summed E-state index contributed by atoms with van der Waals surface area (Å²) in [7, 11) is 0. The fraction of sp³-hybridized carbons (Fsp3) is 0.526. The molecule has 0 radical (unpaired) electrons. The van der Waals surface area contributed by atoms with E-state index in [1.165, 1.54) is 5.56 Å². The van der Waals surface area contributed by atoms with Gasteiger partial charge in [0.1, 0.15) is 5.75 Å². The first-order valence-electron chi connectivity index (χ1n) is 8.80. The van der Waals surface area contributed by atoms with E-state index >= 15 is 0 Å². The van der Waals surface area contributed by atoms with Crippen molar-refractivity contribution in [2.75, 3.05) is 26.2 Å². The highest BCUT2D eigenvalue weighted by atomic mass is 16.5. The van der Waals surface area contributed by atoms with Crippen LogP contribution in [0.3, 0.4) is 0 Å². The molecule has 24 heavy (non-hydrogen) atoms. The molecular weight excluding hydrogens is 302 g/mol. The van der Waals surface area contributed by atoms with Crippen molar-refractivity contribution in [2.24, 2.45) is 0 Å². The highest BCUT2D eigenvalue weighted by Crippen LogP contribution is 2.27. The minimum Gasteiger partial charge on any atom is -0.483 e. The lowest BCUT2D eigenvalue weighted by molar-refractivity contribution is -0.893. The number of hydrazine groups is 1. The van der Waals surface area contributed by atoms with Crippen LogP contribution in [0.2, 0.25) is 0 Å². The molecule has 1 atom stereocenters. The Morgan fingerprint density at radius 2 is 2.17 bits per heavy atom. The Labute approximate surface area is 145 Å². The number of carbonyl (C=O) groups is 1. The Bertz CT molecular complexity index is 596. The van der Waals surface area contributed by atoms with Crippen LogP contribution in [0, 0.1) is 6.92 Å². The minimum absolute atomic E-state index is 0.00932. The molecule has 1 aromatic rings. The summed E-state index contributed by atoms with van der Waals surface area (Å²) in [5.41, 5.74) is 9.15. The van der Waals surface area contributed by atoms with Crippen molar-refractivity contribution in [3.8, 4) is 5.75 Å². The van der Waals surface area contributed by atoms with Crippen LogP contribution in [-0.2, 0) is 4.79 Å². The van der Waals surface area contributed by atoms with Crippen molar-refractivity contribution in [3.63, 3.8) is 0 Å². The lowest BCUT2D eigenvalue weighted by Gasteiger charge is -2.23. The highest BCUT2D eigenvalue weighted by Gasteiger charge is 2.14. The van der Waals surface area contributed by atoms with E-state index in [0.29, 0.717) is 5.92 Å². The molecule has 1 amide bonds. The zero-order valence-electron chi connectivity index (χ0n) is 15.2. The summed E-state index contributed by atoms with van der Waals surface area (Å²) in [5, 5.41) is 0. The highest BCUT2D eigenvalue weighted by molar-refractivity contribution is 5.77. The molecule has 5 heteroatoms. The third-order valence-electron chi connectivity index (χ3n) is 4.39. The third-order valence-corrected chi connectivity index (χ3v) is 4.39. The molecule has 0 saturated carbocycles. The molecule has 0 aliphatic carbocycles. The average Bonchev–Trinajstić information content (AvgIpc) is 2.59. The van der Waals surface area contributed by atoms with Crippen LogP contribution in [-0.4, -0.2) is 32.1 Å². The van der Waals surface area contributed by atoms with Crippen LogP contribution < -0.4 is 20.5 Å². The van der Waals surface area contributed by atoms with Crippen LogP contribution in [0.15, 0.2) is 30.0 Å². The van der Waals surface area contributed by atoms with E-state index in [1.807, 2.05) is 12.1 Å². The van der Waals surface area contributed by atoms with Gasteiger partial charge in [-0.15, -0.1) is 0 Å². The van der Waals surface area contributed by atoms with Gasteiger partial charge in [0.05, 0.1) is 19.6 Å².